The Morgan fingerprint density at radius 2 is 1.82 bits per heavy atom. The highest BCUT2D eigenvalue weighted by molar-refractivity contribution is 6.07. The molecule has 3 aromatic rings. The molecular weight excluding hydrogens is 428 g/mol. The number of carbonyl (C=O) groups excluding carboxylic acids is 2. The van der Waals surface area contributed by atoms with Gasteiger partial charge in [0.05, 0.1) is 23.0 Å². The van der Waals surface area contributed by atoms with Crippen LogP contribution in [-0.4, -0.2) is 29.5 Å². The fraction of sp³-hybridized carbons (Fsp3) is 0.393. The third-order valence-corrected chi connectivity index (χ3v) is 6.81. The molecule has 6 heteroatoms. The van der Waals surface area contributed by atoms with E-state index >= 15 is 0 Å². The molecule has 2 aliphatic carbocycles. The van der Waals surface area contributed by atoms with Gasteiger partial charge in [-0.3, -0.25) is 4.79 Å². The summed E-state index contributed by atoms with van der Waals surface area (Å²) in [6.07, 6.45) is 13.0. The minimum Gasteiger partial charge on any atom is -0.465 e. The van der Waals surface area contributed by atoms with E-state index in [4.69, 9.17) is 14.1 Å². The van der Waals surface area contributed by atoms with Crippen LogP contribution in [0.2, 0.25) is 0 Å². The van der Waals surface area contributed by atoms with Crippen LogP contribution >= 0.6 is 0 Å². The summed E-state index contributed by atoms with van der Waals surface area (Å²) < 4.78 is 11.0. The zero-order valence-corrected chi connectivity index (χ0v) is 19.3. The Hall–Kier alpha value is -3.41. The van der Waals surface area contributed by atoms with Crippen LogP contribution < -0.4 is 5.32 Å². The lowest BCUT2D eigenvalue weighted by Crippen LogP contribution is -2.38. The number of nitrogens with one attached hydrogen (secondary N) is 1. The number of carbonyl (C=O) groups is 2. The molecule has 0 saturated heterocycles. The maximum absolute atomic E-state index is 13.3. The Bertz CT molecular complexity index is 1200. The zero-order chi connectivity index (χ0) is 23.3. The van der Waals surface area contributed by atoms with E-state index in [0.717, 1.165) is 65.6 Å². The summed E-state index contributed by atoms with van der Waals surface area (Å²) in [4.78, 5) is 30.7. The van der Waals surface area contributed by atoms with Gasteiger partial charge in [0.25, 0.3) is 5.91 Å². The highest BCUT2D eigenvalue weighted by Gasteiger charge is 2.28. The number of para-hydroxylation sites is 1. The molecule has 1 aromatic carbocycles. The van der Waals surface area contributed by atoms with E-state index in [-0.39, 0.29) is 18.6 Å². The first-order chi connectivity index (χ1) is 16.7. The van der Waals surface area contributed by atoms with Gasteiger partial charge in [0.2, 0.25) is 0 Å². The van der Waals surface area contributed by atoms with Crippen molar-refractivity contribution in [3.05, 3.63) is 65.2 Å². The van der Waals surface area contributed by atoms with Gasteiger partial charge in [0.1, 0.15) is 5.76 Å². The lowest BCUT2D eigenvalue weighted by Gasteiger charge is -2.21. The second-order valence-corrected chi connectivity index (χ2v) is 9.20. The molecule has 2 heterocycles. The van der Waals surface area contributed by atoms with Crippen molar-refractivity contribution in [1.29, 1.82) is 0 Å². The van der Waals surface area contributed by atoms with Gasteiger partial charge in [-0.15, -0.1) is 0 Å². The molecule has 34 heavy (non-hydrogen) atoms. The van der Waals surface area contributed by atoms with Gasteiger partial charge >= 0.3 is 5.97 Å². The standard InChI is InChI=1S/C28H30N2O4/c31-25(29-20-9-4-2-1-3-5-10-20)18-34-28(32)26-22-12-6-7-13-24(22)30-27-19(14-15-23(26)27)17-21-11-8-16-33-21/h6-8,11-13,16-17,20H,1-5,9-10,14-15,18H2,(H,29,31). The van der Waals surface area contributed by atoms with Crippen molar-refractivity contribution in [2.45, 2.75) is 63.8 Å². The van der Waals surface area contributed by atoms with Gasteiger partial charge < -0.3 is 14.5 Å². The molecule has 1 amide bonds. The number of pyridine rings is 1. The lowest BCUT2D eigenvalue weighted by atomic mass is 9.97. The van der Waals surface area contributed by atoms with Crippen LogP contribution in [0.5, 0.6) is 0 Å². The fourth-order valence-corrected chi connectivity index (χ4v) is 5.13. The van der Waals surface area contributed by atoms with Gasteiger partial charge in [-0.1, -0.05) is 50.3 Å². The third-order valence-electron chi connectivity index (χ3n) is 6.81. The Morgan fingerprint density at radius 3 is 2.62 bits per heavy atom. The van der Waals surface area contributed by atoms with E-state index in [9.17, 15) is 9.59 Å². The van der Waals surface area contributed by atoms with E-state index < -0.39 is 5.97 Å². The summed E-state index contributed by atoms with van der Waals surface area (Å²) in [6, 6.07) is 11.5. The number of rotatable bonds is 5. The molecule has 0 spiro atoms. The first-order valence-corrected chi connectivity index (χ1v) is 12.3. The Balaban J connectivity index is 1.35. The second kappa shape index (κ2) is 10.2. The van der Waals surface area contributed by atoms with Crippen LogP contribution in [-0.2, 0) is 16.0 Å². The third kappa shape index (κ3) is 4.91. The summed E-state index contributed by atoms with van der Waals surface area (Å²) >= 11 is 0. The monoisotopic (exact) mass is 458 g/mol. The molecule has 6 nitrogen and oxygen atoms in total. The first-order valence-electron chi connectivity index (χ1n) is 12.3. The van der Waals surface area contributed by atoms with Crippen molar-refractivity contribution in [2.75, 3.05) is 6.61 Å². The zero-order valence-electron chi connectivity index (χ0n) is 19.3. The Kier molecular flexibility index (Phi) is 6.74. The lowest BCUT2D eigenvalue weighted by molar-refractivity contribution is -0.125. The number of ether oxygens (including phenoxy) is 1. The predicted molar refractivity (Wildman–Crippen MR) is 131 cm³/mol. The largest absolute Gasteiger partial charge is 0.465 e. The molecule has 0 aliphatic heterocycles. The molecule has 2 aromatic heterocycles. The molecular formula is C28H30N2O4. The number of amides is 1. The number of allylic oxidation sites excluding steroid dienone is 1. The number of furan rings is 1. The van der Waals surface area contributed by atoms with Gasteiger partial charge in [-0.05, 0) is 61.1 Å². The maximum Gasteiger partial charge on any atom is 0.339 e. The quantitative estimate of drug-likeness (QED) is 0.496. The highest BCUT2D eigenvalue weighted by Crippen LogP contribution is 2.37. The van der Waals surface area contributed by atoms with Crippen LogP contribution in [0.25, 0.3) is 22.6 Å². The molecule has 0 bridgehead atoms. The summed E-state index contributed by atoms with van der Waals surface area (Å²) in [5.74, 6) is 0.0575. The van der Waals surface area contributed by atoms with E-state index in [1.54, 1.807) is 6.26 Å². The summed E-state index contributed by atoms with van der Waals surface area (Å²) in [5, 5.41) is 3.82. The second-order valence-electron chi connectivity index (χ2n) is 9.20. The van der Waals surface area contributed by atoms with Crippen molar-refractivity contribution in [3.63, 3.8) is 0 Å². The minimum absolute atomic E-state index is 0.173. The number of aromatic nitrogens is 1. The van der Waals surface area contributed by atoms with Crippen LogP contribution in [0, 0.1) is 0 Å². The predicted octanol–water partition coefficient (Wildman–Crippen LogP) is 5.70. The molecule has 2 aliphatic rings. The summed E-state index contributed by atoms with van der Waals surface area (Å²) in [5.41, 5.74) is 3.97. The maximum atomic E-state index is 13.3. The average Bonchev–Trinajstić information content (AvgIpc) is 3.48. The number of nitrogens with zero attached hydrogens (tertiary/aromatic N) is 1. The molecule has 0 unspecified atom stereocenters. The first kappa shape index (κ1) is 22.4. The van der Waals surface area contributed by atoms with Crippen molar-refractivity contribution in [3.8, 4) is 0 Å². The van der Waals surface area contributed by atoms with Crippen LogP contribution in [0.1, 0.15) is 78.7 Å². The fourth-order valence-electron chi connectivity index (χ4n) is 5.13. The number of esters is 1. The number of fused-ring (bicyclic) bond motifs is 2. The van der Waals surface area contributed by atoms with E-state index in [1.165, 1.54) is 19.3 Å². The van der Waals surface area contributed by atoms with Crippen molar-refractivity contribution in [1.82, 2.24) is 10.3 Å². The topological polar surface area (TPSA) is 81.4 Å². The molecule has 5 rings (SSSR count). The smallest absolute Gasteiger partial charge is 0.339 e. The summed E-state index contributed by atoms with van der Waals surface area (Å²) in [6.45, 7) is -0.268. The Labute approximate surface area is 199 Å². The van der Waals surface area contributed by atoms with Crippen molar-refractivity contribution < 1.29 is 18.7 Å². The molecule has 0 radical (unpaired) electrons. The number of hydrogen-bond acceptors (Lipinski definition) is 5. The van der Waals surface area contributed by atoms with Crippen LogP contribution in [0.3, 0.4) is 0 Å². The van der Waals surface area contributed by atoms with Gasteiger partial charge in [-0.2, -0.15) is 0 Å². The SMILES string of the molecule is O=C(COC(=O)c1c2c(nc3ccccc13)C(=Cc1ccco1)CC2)NC1CCCCCCC1. The molecule has 1 saturated carbocycles. The van der Waals surface area contributed by atoms with Crippen LogP contribution in [0.15, 0.2) is 47.1 Å². The van der Waals surface area contributed by atoms with Gasteiger partial charge in [0.15, 0.2) is 6.61 Å². The highest BCUT2D eigenvalue weighted by atomic mass is 16.5. The molecule has 0 atom stereocenters. The normalized spacial score (nSPS) is 17.8. The van der Waals surface area contributed by atoms with Crippen molar-refractivity contribution in [2.24, 2.45) is 0 Å². The molecule has 1 fully saturated rings. The molecule has 176 valence electrons. The minimum atomic E-state index is -0.470. The van der Waals surface area contributed by atoms with E-state index in [0.29, 0.717) is 12.0 Å². The van der Waals surface area contributed by atoms with Crippen molar-refractivity contribution >= 4 is 34.4 Å². The average molecular weight is 459 g/mol. The van der Waals surface area contributed by atoms with Gasteiger partial charge in [-0.25, -0.2) is 9.78 Å². The van der Waals surface area contributed by atoms with Crippen LogP contribution in [0.4, 0.5) is 0 Å². The molecule has 1 N–H and O–H groups in total. The van der Waals surface area contributed by atoms with Gasteiger partial charge in [0, 0.05) is 11.4 Å². The number of benzene rings is 1. The summed E-state index contributed by atoms with van der Waals surface area (Å²) in [7, 11) is 0. The van der Waals surface area contributed by atoms with E-state index in [1.807, 2.05) is 42.5 Å². The Morgan fingerprint density at radius 1 is 1.03 bits per heavy atom. The van der Waals surface area contributed by atoms with E-state index in [2.05, 4.69) is 5.32 Å². The number of hydrogen-bond donors (Lipinski definition) is 1.